The lowest BCUT2D eigenvalue weighted by molar-refractivity contribution is -0.384. The highest BCUT2D eigenvalue weighted by atomic mass is 16.6. The fourth-order valence-corrected chi connectivity index (χ4v) is 1.36. The van der Waals surface area contributed by atoms with Gasteiger partial charge in [-0.15, -0.1) is 0 Å². The zero-order valence-corrected chi connectivity index (χ0v) is 9.42. The average Bonchev–Trinajstić information content (AvgIpc) is 2.35. The summed E-state index contributed by atoms with van der Waals surface area (Å²) in [6.45, 7) is 0.991. The lowest BCUT2D eigenvalue weighted by atomic mass is 10.1. The molecule has 0 heterocycles. The van der Waals surface area contributed by atoms with E-state index in [1.54, 1.807) is 19.2 Å². The molecule has 0 spiro atoms. The number of nitrogens with one attached hydrogen (secondary N) is 1. The molecule has 0 aromatic heterocycles. The second kappa shape index (κ2) is 6.58. The molecule has 1 unspecified atom stereocenters. The van der Waals surface area contributed by atoms with Gasteiger partial charge in [0.2, 0.25) is 0 Å². The van der Waals surface area contributed by atoms with Gasteiger partial charge < -0.3 is 4.74 Å². The first-order valence-corrected chi connectivity index (χ1v) is 5.05. The van der Waals surface area contributed by atoms with Crippen LogP contribution in [0.4, 0.5) is 5.69 Å². The van der Waals surface area contributed by atoms with E-state index in [1.165, 1.54) is 12.1 Å². The lowest BCUT2D eigenvalue weighted by Crippen LogP contribution is -2.23. The lowest BCUT2D eigenvalue weighted by Gasteiger charge is -2.10. The Kier molecular flexibility index (Phi) is 5.07. The molecule has 0 aliphatic heterocycles. The highest BCUT2D eigenvalue weighted by Gasteiger charge is 2.13. The summed E-state index contributed by atoms with van der Waals surface area (Å²) in [5, 5.41) is 22.5. The summed E-state index contributed by atoms with van der Waals surface area (Å²) in [6, 6.07) is 7.53. The Morgan fingerprint density at radius 1 is 1.65 bits per heavy atom. The Bertz CT molecular complexity index is 428. The normalized spacial score (nSPS) is 11.8. The Morgan fingerprint density at radius 3 is 3.00 bits per heavy atom. The molecule has 0 bridgehead atoms. The van der Waals surface area contributed by atoms with Crippen LogP contribution in [0.2, 0.25) is 0 Å². The Hall–Kier alpha value is -1.97. The smallest absolute Gasteiger partial charge is 0.269 e. The van der Waals surface area contributed by atoms with Crippen molar-refractivity contribution in [2.75, 3.05) is 20.3 Å². The summed E-state index contributed by atoms with van der Waals surface area (Å²) < 4.78 is 4.85. The number of nitrogens with zero attached hydrogens (tertiary/aromatic N) is 2. The van der Waals surface area contributed by atoms with E-state index in [4.69, 9.17) is 10.00 Å². The van der Waals surface area contributed by atoms with E-state index in [2.05, 4.69) is 11.4 Å². The summed E-state index contributed by atoms with van der Waals surface area (Å²) in [6.07, 6.45) is 0. The number of ether oxygens (including phenoxy) is 1. The maximum absolute atomic E-state index is 10.6. The molecule has 1 aromatic carbocycles. The first-order chi connectivity index (χ1) is 8.19. The topological polar surface area (TPSA) is 88.2 Å². The highest BCUT2D eigenvalue weighted by Crippen LogP contribution is 2.18. The second-order valence-corrected chi connectivity index (χ2v) is 3.36. The predicted molar refractivity (Wildman–Crippen MR) is 61.3 cm³/mol. The fraction of sp³-hybridized carbons (Fsp3) is 0.364. The van der Waals surface area contributed by atoms with Crippen LogP contribution in [0, 0.1) is 21.4 Å². The summed E-state index contributed by atoms with van der Waals surface area (Å²) in [5.74, 6) is 0. The van der Waals surface area contributed by atoms with Crippen molar-refractivity contribution >= 4 is 5.69 Å². The molecule has 1 atom stereocenters. The molecule has 0 radical (unpaired) electrons. The molecule has 6 heteroatoms. The largest absolute Gasteiger partial charge is 0.383 e. The zero-order chi connectivity index (χ0) is 12.7. The molecular formula is C11H13N3O3. The summed E-state index contributed by atoms with van der Waals surface area (Å²) >= 11 is 0. The van der Waals surface area contributed by atoms with Crippen molar-refractivity contribution in [1.29, 1.82) is 5.26 Å². The first-order valence-electron chi connectivity index (χ1n) is 5.05. The fourth-order valence-electron chi connectivity index (χ4n) is 1.36. The van der Waals surface area contributed by atoms with Gasteiger partial charge >= 0.3 is 0 Å². The highest BCUT2D eigenvalue weighted by molar-refractivity contribution is 5.37. The minimum atomic E-state index is -0.565. The van der Waals surface area contributed by atoms with Crippen LogP contribution in [0.1, 0.15) is 11.6 Å². The third-order valence-electron chi connectivity index (χ3n) is 2.20. The molecule has 1 rings (SSSR count). The summed E-state index contributed by atoms with van der Waals surface area (Å²) in [7, 11) is 1.57. The average molecular weight is 235 g/mol. The van der Waals surface area contributed by atoms with Gasteiger partial charge in [-0.2, -0.15) is 5.26 Å². The molecule has 90 valence electrons. The second-order valence-electron chi connectivity index (χ2n) is 3.36. The quantitative estimate of drug-likeness (QED) is 0.457. The number of nitro benzene ring substituents is 1. The maximum atomic E-state index is 10.6. The molecule has 0 aliphatic rings. The van der Waals surface area contributed by atoms with Crippen LogP contribution in [-0.4, -0.2) is 25.2 Å². The van der Waals surface area contributed by atoms with Crippen LogP contribution in [0.3, 0.4) is 0 Å². The number of hydrogen-bond acceptors (Lipinski definition) is 5. The summed E-state index contributed by atoms with van der Waals surface area (Å²) in [5.41, 5.74) is 0.564. The van der Waals surface area contributed by atoms with Gasteiger partial charge in [0, 0.05) is 25.8 Å². The van der Waals surface area contributed by atoms with Crippen LogP contribution in [0.15, 0.2) is 24.3 Å². The van der Waals surface area contributed by atoms with Crippen molar-refractivity contribution in [3.8, 4) is 6.07 Å². The molecule has 17 heavy (non-hydrogen) atoms. The molecule has 0 aliphatic carbocycles. The van der Waals surface area contributed by atoms with Gasteiger partial charge in [0.05, 0.1) is 17.6 Å². The van der Waals surface area contributed by atoms with Gasteiger partial charge in [-0.3, -0.25) is 15.4 Å². The van der Waals surface area contributed by atoms with Crippen molar-refractivity contribution in [2.24, 2.45) is 0 Å². The Balaban J connectivity index is 2.78. The van der Waals surface area contributed by atoms with E-state index in [0.717, 1.165) is 0 Å². The van der Waals surface area contributed by atoms with E-state index in [1.807, 2.05) is 0 Å². The molecule has 0 saturated heterocycles. The number of rotatable bonds is 6. The van der Waals surface area contributed by atoms with Crippen molar-refractivity contribution < 1.29 is 9.66 Å². The van der Waals surface area contributed by atoms with Gasteiger partial charge in [0.1, 0.15) is 6.04 Å². The maximum Gasteiger partial charge on any atom is 0.269 e. The number of nitriles is 1. The number of nitro groups is 1. The number of non-ortho nitro benzene ring substituents is 1. The van der Waals surface area contributed by atoms with Crippen LogP contribution in [-0.2, 0) is 4.74 Å². The number of hydrogen-bond donors (Lipinski definition) is 1. The van der Waals surface area contributed by atoms with Crippen LogP contribution >= 0.6 is 0 Å². The molecule has 1 aromatic rings. The van der Waals surface area contributed by atoms with Crippen LogP contribution < -0.4 is 5.32 Å². The van der Waals surface area contributed by atoms with Gasteiger partial charge in [-0.05, 0) is 5.56 Å². The van der Waals surface area contributed by atoms with Gasteiger partial charge in [0.25, 0.3) is 5.69 Å². The van der Waals surface area contributed by atoms with E-state index in [-0.39, 0.29) is 5.69 Å². The monoisotopic (exact) mass is 235 g/mol. The summed E-state index contributed by atoms with van der Waals surface area (Å²) in [4.78, 5) is 10.1. The number of benzene rings is 1. The van der Waals surface area contributed by atoms with Crippen molar-refractivity contribution in [3.05, 3.63) is 39.9 Å². The molecular weight excluding hydrogens is 222 g/mol. The van der Waals surface area contributed by atoms with Gasteiger partial charge in [-0.25, -0.2) is 0 Å². The molecule has 0 amide bonds. The van der Waals surface area contributed by atoms with E-state index in [9.17, 15) is 10.1 Å². The number of methoxy groups -OCH3 is 1. The van der Waals surface area contributed by atoms with Crippen molar-refractivity contribution in [3.63, 3.8) is 0 Å². The molecule has 1 N–H and O–H groups in total. The van der Waals surface area contributed by atoms with Crippen molar-refractivity contribution in [2.45, 2.75) is 6.04 Å². The Morgan fingerprint density at radius 2 is 2.41 bits per heavy atom. The van der Waals surface area contributed by atoms with E-state index in [0.29, 0.717) is 18.7 Å². The molecule has 0 fully saturated rings. The van der Waals surface area contributed by atoms with E-state index >= 15 is 0 Å². The molecule has 0 saturated carbocycles. The predicted octanol–water partition coefficient (Wildman–Crippen LogP) is 1.40. The zero-order valence-electron chi connectivity index (χ0n) is 9.42. The van der Waals surface area contributed by atoms with Crippen LogP contribution in [0.5, 0.6) is 0 Å². The minimum absolute atomic E-state index is 0.0173. The van der Waals surface area contributed by atoms with Gasteiger partial charge in [0.15, 0.2) is 0 Å². The van der Waals surface area contributed by atoms with Gasteiger partial charge in [-0.1, -0.05) is 12.1 Å². The van der Waals surface area contributed by atoms with E-state index < -0.39 is 11.0 Å². The first kappa shape index (κ1) is 13.1. The van der Waals surface area contributed by atoms with Crippen molar-refractivity contribution in [1.82, 2.24) is 5.32 Å². The SMILES string of the molecule is COCCNC(C#N)c1cccc([N+](=O)[O-])c1. The molecule has 6 nitrogen and oxygen atoms in total. The third kappa shape index (κ3) is 3.83. The van der Waals surface area contributed by atoms with Crippen LogP contribution in [0.25, 0.3) is 0 Å². The standard InChI is InChI=1S/C11H13N3O3/c1-17-6-5-13-11(8-12)9-3-2-4-10(7-9)14(15)16/h2-4,7,11,13H,5-6H2,1H3. The minimum Gasteiger partial charge on any atom is -0.383 e. The third-order valence-corrected chi connectivity index (χ3v) is 2.20. The Labute approximate surface area is 99.0 Å².